The SMILES string of the molecule is COc1ccccc1CNC(=O)C[NH+]1CCc2sccc2[C@@H]1c1ccccc1. The first kappa shape index (κ1) is 18.7. The maximum Gasteiger partial charge on any atom is 0.275 e. The van der Waals surface area contributed by atoms with Gasteiger partial charge in [0.15, 0.2) is 6.54 Å². The fraction of sp³-hybridized carbons (Fsp3) is 0.261. The highest BCUT2D eigenvalue weighted by atomic mass is 32.1. The van der Waals surface area contributed by atoms with Gasteiger partial charge in [0.2, 0.25) is 0 Å². The number of hydrogen-bond donors (Lipinski definition) is 2. The molecule has 0 aliphatic carbocycles. The highest BCUT2D eigenvalue weighted by Crippen LogP contribution is 2.29. The summed E-state index contributed by atoms with van der Waals surface area (Å²) in [5.74, 6) is 0.874. The lowest BCUT2D eigenvalue weighted by Crippen LogP contribution is -3.14. The van der Waals surface area contributed by atoms with E-state index < -0.39 is 0 Å². The monoisotopic (exact) mass is 393 g/mol. The maximum absolute atomic E-state index is 12.7. The van der Waals surface area contributed by atoms with E-state index in [4.69, 9.17) is 4.74 Å². The second kappa shape index (κ2) is 8.59. The zero-order valence-electron chi connectivity index (χ0n) is 16.0. The molecule has 2 aromatic carbocycles. The summed E-state index contributed by atoms with van der Waals surface area (Å²) in [5, 5.41) is 5.25. The summed E-state index contributed by atoms with van der Waals surface area (Å²) in [6.45, 7) is 1.91. The second-order valence-electron chi connectivity index (χ2n) is 7.07. The number of fused-ring (bicyclic) bond motifs is 1. The minimum absolute atomic E-state index is 0.0699. The van der Waals surface area contributed by atoms with Crippen LogP contribution >= 0.6 is 11.3 Å². The highest BCUT2D eigenvalue weighted by molar-refractivity contribution is 7.10. The molecule has 3 aromatic rings. The van der Waals surface area contributed by atoms with Crippen LogP contribution in [0.1, 0.15) is 27.6 Å². The van der Waals surface area contributed by atoms with E-state index in [1.165, 1.54) is 20.9 Å². The van der Waals surface area contributed by atoms with Crippen LogP contribution in [-0.4, -0.2) is 26.1 Å². The topological polar surface area (TPSA) is 42.8 Å². The van der Waals surface area contributed by atoms with Gasteiger partial charge < -0.3 is 15.0 Å². The third-order valence-corrected chi connectivity index (χ3v) is 6.36. The largest absolute Gasteiger partial charge is 0.496 e. The molecular formula is C23H25N2O2S+. The van der Waals surface area contributed by atoms with E-state index in [0.29, 0.717) is 13.1 Å². The van der Waals surface area contributed by atoms with Gasteiger partial charge >= 0.3 is 0 Å². The van der Waals surface area contributed by atoms with Crippen molar-refractivity contribution >= 4 is 17.2 Å². The zero-order chi connectivity index (χ0) is 19.3. The Hall–Kier alpha value is -2.63. The number of thiophene rings is 1. The highest BCUT2D eigenvalue weighted by Gasteiger charge is 2.34. The number of quaternary nitrogens is 1. The van der Waals surface area contributed by atoms with Gasteiger partial charge in [-0.25, -0.2) is 0 Å². The molecule has 28 heavy (non-hydrogen) atoms. The molecule has 2 atom stereocenters. The average molecular weight is 394 g/mol. The minimum atomic E-state index is 0.0699. The van der Waals surface area contributed by atoms with Crippen LogP contribution < -0.4 is 15.0 Å². The molecule has 2 heterocycles. The number of carbonyl (C=O) groups excluding carboxylic acids is 1. The lowest BCUT2D eigenvalue weighted by Gasteiger charge is -2.32. The van der Waals surface area contributed by atoms with Gasteiger partial charge in [0.1, 0.15) is 11.8 Å². The Morgan fingerprint density at radius 2 is 1.93 bits per heavy atom. The molecule has 0 bridgehead atoms. The van der Waals surface area contributed by atoms with Gasteiger partial charge in [-0.15, -0.1) is 11.3 Å². The standard InChI is InChI=1S/C23H24N2O2S/c1-27-20-10-6-5-9-18(20)15-24-22(26)16-25-13-11-21-19(12-14-28-21)23(25)17-7-3-2-4-8-17/h2-10,12,14,23H,11,13,15-16H2,1H3,(H,24,26)/p+1/t23-/m0/s1. The summed E-state index contributed by atoms with van der Waals surface area (Å²) in [7, 11) is 1.65. The number of para-hydroxylation sites is 1. The Labute approximate surface area is 169 Å². The Morgan fingerprint density at radius 1 is 1.14 bits per heavy atom. The lowest BCUT2D eigenvalue weighted by atomic mass is 9.93. The third-order valence-electron chi connectivity index (χ3n) is 5.36. The van der Waals surface area contributed by atoms with Crippen LogP contribution in [0.2, 0.25) is 0 Å². The molecule has 0 saturated heterocycles. The maximum atomic E-state index is 12.7. The summed E-state index contributed by atoms with van der Waals surface area (Å²) in [6.07, 6.45) is 1.03. The van der Waals surface area contributed by atoms with E-state index in [1.807, 2.05) is 41.7 Å². The van der Waals surface area contributed by atoms with Crippen molar-refractivity contribution in [2.75, 3.05) is 20.2 Å². The van der Waals surface area contributed by atoms with Crippen LogP contribution in [-0.2, 0) is 17.8 Å². The molecule has 1 amide bonds. The first-order valence-electron chi connectivity index (χ1n) is 9.60. The molecule has 0 fully saturated rings. The van der Waals surface area contributed by atoms with Gasteiger partial charge in [-0.3, -0.25) is 4.79 Å². The van der Waals surface area contributed by atoms with Crippen LogP contribution in [0.3, 0.4) is 0 Å². The van der Waals surface area contributed by atoms with Crippen molar-refractivity contribution < 1.29 is 14.4 Å². The third kappa shape index (κ3) is 3.96. The first-order valence-corrected chi connectivity index (χ1v) is 10.5. The molecule has 144 valence electrons. The summed E-state index contributed by atoms with van der Waals surface area (Å²) in [4.78, 5) is 15.5. The molecule has 1 aliphatic heterocycles. The molecule has 1 aromatic heterocycles. The summed E-state index contributed by atoms with van der Waals surface area (Å²) in [5.41, 5.74) is 3.64. The Kier molecular flexibility index (Phi) is 5.74. The number of carbonyl (C=O) groups is 1. The van der Waals surface area contributed by atoms with Crippen LogP contribution in [0.15, 0.2) is 66.0 Å². The zero-order valence-corrected chi connectivity index (χ0v) is 16.8. The van der Waals surface area contributed by atoms with Crippen LogP contribution in [0.4, 0.5) is 0 Å². The molecule has 4 nitrogen and oxygen atoms in total. The Balaban J connectivity index is 1.48. The number of hydrogen-bond acceptors (Lipinski definition) is 3. The van der Waals surface area contributed by atoms with Crippen molar-refractivity contribution in [1.29, 1.82) is 0 Å². The Morgan fingerprint density at radius 3 is 2.75 bits per heavy atom. The van der Waals surface area contributed by atoms with E-state index in [9.17, 15) is 4.79 Å². The van der Waals surface area contributed by atoms with Gasteiger partial charge in [0.25, 0.3) is 5.91 Å². The van der Waals surface area contributed by atoms with Gasteiger partial charge in [-0.2, -0.15) is 0 Å². The van der Waals surface area contributed by atoms with E-state index in [0.717, 1.165) is 24.3 Å². The van der Waals surface area contributed by atoms with E-state index in [1.54, 1.807) is 7.11 Å². The Bertz CT molecular complexity index is 939. The van der Waals surface area contributed by atoms with Crippen molar-refractivity contribution in [3.8, 4) is 5.75 Å². The normalized spacial score (nSPS) is 18.3. The molecule has 1 unspecified atom stereocenters. The quantitative estimate of drug-likeness (QED) is 0.676. The summed E-state index contributed by atoms with van der Waals surface area (Å²) in [6, 6.07) is 20.8. The fourth-order valence-electron chi connectivity index (χ4n) is 4.01. The number of methoxy groups -OCH3 is 1. The molecular weight excluding hydrogens is 368 g/mol. The predicted octanol–water partition coefficient (Wildman–Crippen LogP) is 2.60. The molecule has 5 heteroatoms. The van der Waals surface area contributed by atoms with Gasteiger partial charge in [-0.1, -0.05) is 48.5 Å². The average Bonchev–Trinajstić information content (AvgIpc) is 3.21. The van der Waals surface area contributed by atoms with Crippen molar-refractivity contribution in [1.82, 2.24) is 5.32 Å². The number of rotatable bonds is 6. The number of amides is 1. The van der Waals surface area contributed by atoms with Crippen LogP contribution in [0.5, 0.6) is 5.75 Å². The van der Waals surface area contributed by atoms with E-state index >= 15 is 0 Å². The van der Waals surface area contributed by atoms with Crippen LogP contribution in [0, 0.1) is 0 Å². The van der Waals surface area contributed by atoms with Crippen molar-refractivity contribution in [3.05, 3.63) is 87.6 Å². The molecule has 0 spiro atoms. The summed E-state index contributed by atoms with van der Waals surface area (Å²) < 4.78 is 5.38. The van der Waals surface area contributed by atoms with E-state index in [2.05, 4.69) is 41.0 Å². The van der Waals surface area contributed by atoms with Crippen LogP contribution in [0.25, 0.3) is 0 Å². The summed E-state index contributed by atoms with van der Waals surface area (Å²) >= 11 is 1.83. The lowest BCUT2D eigenvalue weighted by molar-refractivity contribution is -0.920. The molecule has 0 radical (unpaired) electrons. The minimum Gasteiger partial charge on any atom is -0.496 e. The predicted molar refractivity (Wildman–Crippen MR) is 112 cm³/mol. The van der Waals surface area contributed by atoms with Gasteiger partial charge in [0.05, 0.1) is 13.7 Å². The van der Waals surface area contributed by atoms with Gasteiger partial charge in [0, 0.05) is 34.5 Å². The number of ether oxygens (including phenoxy) is 1. The van der Waals surface area contributed by atoms with Crippen molar-refractivity contribution in [2.45, 2.75) is 19.0 Å². The smallest absolute Gasteiger partial charge is 0.275 e. The molecule has 4 rings (SSSR count). The van der Waals surface area contributed by atoms with Crippen molar-refractivity contribution in [3.63, 3.8) is 0 Å². The molecule has 2 N–H and O–H groups in total. The fourth-order valence-corrected chi connectivity index (χ4v) is 4.93. The molecule has 0 saturated carbocycles. The van der Waals surface area contributed by atoms with Crippen molar-refractivity contribution in [2.24, 2.45) is 0 Å². The first-order chi connectivity index (χ1) is 13.8. The number of nitrogens with one attached hydrogen (secondary N) is 2. The number of benzene rings is 2. The van der Waals surface area contributed by atoms with E-state index in [-0.39, 0.29) is 11.9 Å². The second-order valence-corrected chi connectivity index (χ2v) is 8.07. The molecule has 1 aliphatic rings. The van der Waals surface area contributed by atoms with Gasteiger partial charge in [-0.05, 0) is 17.5 Å².